The van der Waals surface area contributed by atoms with E-state index in [-0.39, 0.29) is 17.2 Å². The van der Waals surface area contributed by atoms with Crippen LogP contribution in [0, 0.1) is 17.3 Å². The van der Waals surface area contributed by atoms with Crippen LogP contribution >= 0.6 is 0 Å². The predicted octanol–water partition coefficient (Wildman–Crippen LogP) is 2.50. The lowest BCUT2D eigenvalue weighted by atomic mass is 9.79. The van der Waals surface area contributed by atoms with Crippen LogP contribution < -0.4 is 0 Å². The number of amides is 2. The second-order valence-electron chi connectivity index (χ2n) is 5.40. The minimum atomic E-state index is -0.354. The molecule has 0 radical (unpaired) electrons. The highest BCUT2D eigenvalue weighted by Gasteiger charge is 2.50. The quantitative estimate of drug-likeness (QED) is 0.555. The van der Waals surface area contributed by atoms with Crippen LogP contribution in [-0.4, -0.2) is 23.3 Å². The Morgan fingerprint density at radius 1 is 1.17 bits per heavy atom. The molecule has 2 amide bonds. The van der Waals surface area contributed by atoms with Crippen molar-refractivity contribution < 1.29 is 9.59 Å². The van der Waals surface area contributed by atoms with Crippen LogP contribution in [0.4, 0.5) is 0 Å². The van der Waals surface area contributed by atoms with Gasteiger partial charge in [-0.25, -0.2) is 0 Å². The van der Waals surface area contributed by atoms with Gasteiger partial charge >= 0.3 is 0 Å². The fraction of sp³-hybridized carbons (Fsp3) is 0.733. The summed E-state index contributed by atoms with van der Waals surface area (Å²) in [6.07, 6.45) is 7.40. The smallest absolute Gasteiger partial charge is 0.235 e. The van der Waals surface area contributed by atoms with Gasteiger partial charge in [0.2, 0.25) is 11.8 Å². The molecule has 1 saturated carbocycles. The number of hydrogen-bond donors (Lipinski definition) is 0. The first kappa shape index (κ1) is 13.1. The average Bonchev–Trinajstić information content (AvgIpc) is 2.55. The van der Waals surface area contributed by atoms with Crippen molar-refractivity contribution >= 4 is 11.8 Å². The van der Waals surface area contributed by atoms with Gasteiger partial charge in [-0.05, 0) is 19.8 Å². The summed E-state index contributed by atoms with van der Waals surface area (Å²) in [5.41, 5.74) is -0.354. The summed E-state index contributed by atoms with van der Waals surface area (Å²) < 4.78 is 0. The van der Waals surface area contributed by atoms with E-state index in [1.807, 2.05) is 0 Å². The molecule has 2 aliphatic rings. The zero-order valence-electron chi connectivity index (χ0n) is 11.1. The SMILES string of the molecule is CC#CCCN1C(=O)CC2(CCCCCC2)C1=O. The first-order valence-corrected chi connectivity index (χ1v) is 6.94. The number of likely N-dealkylation sites (tertiary alicyclic amines) is 1. The van der Waals surface area contributed by atoms with Crippen molar-refractivity contribution in [2.75, 3.05) is 6.54 Å². The van der Waals surface area contributed by atoms with Crippen LogP contribution in [0.5, 0.6) is 0 Å². The molecule has 2 fully saturated rings. The van der Waals surface area contributed by atoms with E-state index in [9.17, 15) is 9.59 Å². The van der Waals surface area contributed by atoms with Crippen LogP contribution in [0.3, 0.4) is 0 Å². The molecular weight excluding hydrogens is 226 g/mol. The van der Waals surface area contributed by atoms with Gasteiger partial charge in [-0.3, -0.25) is 14.5 Å². The molecule has 1 saturated heterocycles. The van der Waals surface area contributed by atoms with E-state index in [4.69, 9.17) is 0 Å². The number of carbonyl (C=O) groups is 2. The van der Waals surface area contributed by atoms with Crippen molar-refractivity contribution in [2.24, 2.45) is 5.41 Å². The van der Waals surface area contributed by atoms with Gasteiger partial charge in [0, 0.05) is 19.4 Å². The van der Waals surface area contributed by atoms with Crippen molar-refractivity contribution in [3.8, 4) is 11.8 Å². The van der Waals surface area contributed by atoms with Gasteiger partial charge in [0.05, 0.1) is 5.41 Å². The fourth-order valence-electron chi connectivity index (χ4n) is 3.17. The van der Waals surface area contributed by atoms with E-state index in [0.29, 0.717) is 19.4 Å². The molecule has 2 rings (SSSR count). The number of rotatable bonds is 2. The van der Waals surface area contributed by atoms with Gasteiger partial charge in [-0.2, -0.15) is 0 Å². The Labute approximate surface area is 109 Å². The maximum atomic E-state index is 12.5. The summed E-state index contributed by atoms with van der Waals surface area (Å²) in [6, 6.07) is 0. The standard InChI is InChI=1S/C15H21NO2/c1-2-3-8-11-16-13(17)12-15(14(16)18)9-6-4-5-7-10-15/h4-12H2,1H3. The van der Waals surface area contributed by atoms with Crippen molar-refractivity contribution in [1.29, 1.82) is 0 Å². The molecule has 98 valence electrons. The van der Waals surface area contributed by atoms with E-state index in [0.717, 1.165) is 25.7 Å². The maximum Gasteiger partial charge on any atom is 0.235 e. The molecule has 18 heavy (non-hydrogen) atoms. The summed E-state index contributed by atoms with van der Waals surface area (Å²) in [5.74, 6) is 5.82. The van der Waals surface area contributed by atoms with Crippen LogP contribution in [0.25, 0.3) is 0 Å². The van der Waals surface area contributed by atoms with Crippen LogP contribution in [-0.2, 0) is 9.59 Å². The Kier molecular flexibility index (Phi) is 4.06. The zero-order chi connectivity index (χ0) is 13.0. The van der Waals surface area contributed by atoms with Crippen LogP contribution in [0.15, 0.2) is 0 Å². The van der Waals surface area contributed by atoms with Crippen molar-refractivity contribution in [2.45, 2.75) is 58.3 Å². The number of imide groups is 1. The minimum absolute atomic E-state index is 0.0137. The topological polar surface area (TPSA) is 37.4 Å². The number of carbonyl (C=O) groups excluding carboxylic acids is 2. The van der Waals surface area contributed by atoms with Gasteiger partial charge in [-0.15, -0.1) is 11.8 Å². The Bertz CT molecular complexity index is 394. The molecule has 1 aliphatic carbocycles. The molecule has 0 bridgehead atoms. The molecule has 0 atom stereocenters. The third-order valence-electron chi connectivity index (χ3n) is 4.19. The first-order valence-electron chi connectivity index (χ1n) is 6.94. The van der Waals surface area contributed by atoms with Crippen molar-refractivity contribution in [1.82, 2.24) is 4.90 Å². The molecule has 1 aliphatic heterocycles. The zero-order valence-corrected chi connectivity index (χ0v) is 11.1. The van der Waals surface area contributed by atoms with Gasteiger partial charge < -0.3 is 0 Å². The first-order chi connectivity index (χ1) is 8.69. The van der Waals surface area contributed by atoms with E-state index in [1.54, 1.807) is 6.92 Å². The Balaban J connectivity index is 2.08. The molecule has 0 unspecified atom stereocenters. The lowest BCUT2D eigenvalue weighted by Crippen LogP contribution is -2.36. The minimum Gasteiger partial charge on any atom is -0.281 e. The molecule has 0 aromatic heterocycles. The molecule has 0 aromatic rings. The number of nitrogens with zero attached hydrogens (tertiary/aromatic N) is 1. The van der Waals surface area contributed by atoms with Crippen LogP contribution in [0.1, 0.15) is 58.3 Å². The Morgan fingerprint density at radius 2 is 1.83 bits per heavy atom. The summed E-state index contributed by atoms with van der Waals surface area (Å²) in [5, 5.41) is 0. The van der Waals surface area contributed by atoms with Crippen molar-refractivity contribution in [3.63, 3.8) is 0 Å². The second kappa shape index (κ2) is 5.56. The molecule has 1 heterocycles. The summed E-state index contributed by atoms with van der Waals surface area (Å²) in [4.78, 5) is 26.0. The predicted molar refractivity (Wildman–Crippen MR) is 69.5 cm³/mol. The second-order valence-corrected chi connectivity index (χ2v) is 5.40. The highest BCUT2D eigenvalue weighted by Crippen LogP contribution is 2.44. The highest BCUT2D eigenvalue weighted by atomic mass is 16.2. The van der Waals surface area contributed by atoms with E-state index < -0.39 is 0 Å². The lowest BCUT2D eigenvalue weighted by Gasteiger charge is -2.24. The van der Waals surface area contributed by atoms with Gasteiger partial charge in [0.15, 0.2) is 0 Å². The Morgan fingerprint density at radius 3 is 2.44 bits per heavy atom. The maximum absolute atomic E-state index is 12.5. The summed E-state index contributed by atoms with van der Waals surface area (Å²) in [7, 11) is 0. The van der Waals surface area contributed by atoms with Gasteiger partial charge in [0.1, 0.15) is 0 Å². The van der Waals surface area contributed by atoms with E-state index >= 15 is 0 Å². The molecular formula is C15H21NO2. The third-order valence-corrected chi connectivity index (χ3v) is 4.19. The van der Waals surface area contributed by atoms with Gasteiger partial charge in [0.25, 0.3) is 0 Å². The van der Waals surface area contributed by atoms with Crippen LogP contribution in [0.2, 0.25) is 0 Å². The molecule has 1 spiro atoms. The summed E-state index contributed by atoms with van der Waals surface area (Å²) >= 11 is 0. The number of hydrogen-bond acceptors (Lipinski definition) is 2. The monoisotopic (exact) mass is 247 g/mol. The van der Waals surface area contributed by atoms with E-state index in [2.05, 4.69) is 11.8 Å². The van der Waals surface area contributed by atoms with Gasteiger partial charge in [-0.1, -0.05) is 25.7 Å². The lowest BCUT2D eigenvalue weighted by molar-refractivity contribution is -0.141. The van der Waals surface area contributed by atoms with Crippen molar-refractivity contribution in [3.05, 3.63) is 0 Å². The molecule has 3 heteroatoms. The molecule has 3 nitrogen and oxygen atoms in total. The average molecular weight is 247 g/mol. The largest absolute Gasteiger partial charge is 0.281 e. The normalized spacial score (nSPS) is 22.8. The molecule has 0 aromatic carbocycles. The fourth-order valence-corrected chi connectivity index (χ4v) is 3.17. The van der Waals surface area contributed by atoms with E-state index in [1.165, 1.54) is 17.7 Å². The summed E-state index contributed by atoms with van der Waals surface area (Å²) in [6.45, 7) is 2.25. The third kappa shape index (κ3) is 2.43. The Hall–Kier alpha value is -1.30. The highest BCUT2D eigenvalue weighted by molar-refractivity contribution is 6.05. The molecule has 0 N–H and O–H groups in total.